The van der Waals surface area contributed by atoms with Crippen molar-refractivity contribution >= 4 is 5.91 Å². The molecular formula is C24H21F7N2O3. The fourth-order valence-corrected chi connectivity index (χ4v) is 5.59. The normalized spacial score (nSPS) is 27.1. The van der Waals surface area contributed by atoms with E-state index in [0.29, 0.717) is 24.5 Å². The highest BCUT2D eigenvalue weighted by atomic mass is 19.4. The van der Waals surface area contributed by atoms with Crippen LogP contribution in [0.3, 0.4) is 0 Å². The Morgan fingerprint density at radius 3 is 2.06 bits per heavy atom. The van der Waals surface area contributed by atoms with E-state index >= 15 is 0 Å². The summed E-state index contributed by atoms with van der Waals surface area (Å²) >= 11 is 0. The molecule has 194 valence electrons. The van der Waals surface area contributed by atoms with Crippen molar-refractivity contribution < 1.29 is 40.6 Å². The molecule has 2 heterocycles. The minimum Gasteiger partial charge on any atom is -0.383 e. The van der Waals surface area contributed by atoms with Gasteiger partial charge in [-0.2, -0.15) is 31.2 Å². The maximum atomic E-state index is 13.0. The molecule has 1 spiro atoms. The van der Waals surface area contributed by atoms with Gasteiger partial charge in [0.1, 0.15) is 18.5 Å². The number of carbonyl (C=O) groups is 1. The van der Waals surface area contributed by atoms with Gasteiger partial charge >= 0.3 is 12.4 Å². The van der Waals surface area contributed by atoms with Gasteiger partial charge in [-0.3, -0.25) is 4.79 Å². The summed E-state index contributed by atoms with van der Waals surface area (Å²) in [5.41, 5.74) is -2.29. The number of nitroso groups, excluding NO2 is 1. The molecule has 0 radical (unpaired) electrons. The van der Waals surface area contributed by atoms with Crippen molar-refractivity contribution in [2.75, 3.05) is 0 Å². The van der Waals surface area contributed by atoms with Gasteiger partial charge < -0.3 is 10.0 Å². The third-order valence-electron chi connectivity index (χ3n) is 7.08. The predicted octanol–water partition coefficient (Wildman–Crippen LogP) is 5.80. The Morgan fingerprint density at radius 2 is 1.58 bits per heavy atom. The Kier molecular flexibility index (Phi) is 6.61. The maximum absolute atomic E-state index is 13.0. The van der Waals surface area contributed by atoms with Gasteiger partial charge in [0.05, 0.1) is 22.7 Å². The molecule has 3 aliphatic rings. The van der Waals surface area contributed by atoms with Crippen LogP contribution in [0.25, 0.3) is 0 Å². The molecule has 36 heavy (non-hydrogen) atoms. The topological polar surface area (TPSA) is 69.7 Å². The largest absolute Gasteiger partial charge is 0.416 e. The molecule has 12 heteroatoms. The van der Waals surface area contributed by atoms with Crippen molar-refractivity contribution in [3.05, 3.63) is 75.4 Å². The fraction of sp³-hybridized carbons (Fsp3) is 0.458. The van der Waals surface area contributed by atoms with Crippen LogP contribution >= 0.6 is 0 Å². The van der Waals surface area contributed by atoms with E-state index in [2.05, 4.69) is 5.18 Å². The second-order valence-corrected chi connectivity index (χ2v) is 9.16. The van der Waals surface area contributed by atoms with Crippen molar-refractivity contribution in [2.45, 2.75) is 68.2 Å². The van der Waals surface area contributed by atoms with Crippen LogP contribution in [0.2, 0.25) is 0 Å². The van der Waals surface area contributed by atoms with E-state index in [0.717, 1.165) is 24.8 Å². The summed E-state index contributed by atoms with van der Waals surface area (Å²) in [5.74, 6) is -0.0350. The van der Waals surface area contributed by atoms with Crippen molar-refractivity contribution in [1.82, 2.24) is 4.90 Å². The van der Waals surface area contributed by atoms with Crippen LogP contribution in [0.1, 0.15) is 53.9 Å². The molecule has 1 aliphatic carbocycles. The molecule has 2 aromatic rings. The van der Waals surface area contributed by atoms with Crippen molar-refractivity contribution in [1.29, 1.82) is 0 Å². The molecule has 0 aromatic heterocycles. The second-order valence-electron chi connectivity index (χ2n) is 9.16. The van der Waals surface area contributed by atoms with E-state index in [4.69, 9.17) is 0 Å². The molecule has 5 rings (SSSR count). The number of alkyl halides is 6. The van der Waals surface area contributed by atoms with Crippen LogP contribution in [0, 0.1) is 10.7 Å². The summed E-state index contributed by atoms with van der Waals surface area (Å²) in [6.45, 7) is -0.743. The number of piperidine rings is 1. The molecule has 2 aromatic carbocycles. The lowest BCUT2D eigenvalue weighted by Crippen LogP contribution is -2.34. The van der Waals surface area contributed by atoms with Crippen LogP contribution in [0.4, 0.5) is 30.7 Å². The van der Waals surface area contributed by atoms with Gasteiger partial charge in [-0.05, 0) is 54.3 Å². The number of nitrogens with zero attached hydrogens (tertiary/aromatic N) is 2. The third-order valence-corrected chi connectivity index (χ3v) is 7.08. The number of carbonyl (C=O) groups excluding carboxylic acids is 1. The summed E-state index contributed by atoms with van der Waals surface area (Å²) < 4.78 is 86.8. The lowest BCUT2D eigenvalue weighted by molar-refractivity contribution is -0.143. The number of hydrogen-bond acceptors (Lipinski definition) is 4. The predicted molar refractivity (Wildman–Crippen MR) is 113 cm³/mol. The van der Waals surface area contributed by atoms with E-state index in [1.165, 1.54) is 12.1 Å². The Balaban J connectivity index is 0.000000171. The van der Waals surface area contributed by atoms with E-state index in [9.17, 15) is 45.5 Å². The highest BCUT2D eigenvalue weighted by Gasteiger charge is 2.74. The van der Waals surface area contributed by atoms with Gasteiger partial charge in [0, 0.05) is 12.3 Å². The lowest BCUT2D eigenvalue weighted by Gasteiger charge is -2.23. The van der Waals surface area contributed by atoms with Crippen LogP contribution in [0.15, 0.2) is 47.6 Å². The van der Waals surface area contributed by atoms with E-state index in [1.807, 2.05) is 17.0 Å². The number of fused-ring (bicyclic) bond motifs is 3. The number of aliphatic hydroxyl groups excluding tert-OH is 1. The first kappa shape index (κ1) is 26.1. The Bertz CT molecular complexity index is 1120. The highest BCUT2D eigenvalue weighted by molar-refractivity contribution is 5.89. The molecule has 1 saturated carbocycles. The fourth-order valence-electron chi connectivity index (χ4n) is 5.59. The average molecular weight is 518 g/mol. The van der Waals surface area contributed by atoms with Crippen LogP contribution in [0.5, 0.6) is 0 Å². The molecule has 5 nitrogen and oxygen atoms in total. The van der Waals surface area contributed by atoms with Gasteiger partial charge in [0.15, 0.2) is 0 Å². The lowest BCUT2D eigenvalue weighted by atomic mass is 9.83. The number of amides is 1. The Hall–Kier alpha value is -3.02. The molecule has 1 amide bonds. The van der Waals surface area contributed by atoms with Crippen molar-refractivity contribution in [3.8, 4) is 0 Å². The van der Waals surface area contributed by atoms with Gasteiger partial charge in [-0.1, -0.05) is 23.7 Å². The minimum absolute atomic E-state index is 0.00565. The first-order chi connectivity index (χ1) is 16.8. The number of halogens is 7. The van der Waals surface area contributed by atoms with Gasteiger partial charge in [-0.25, -0.2) is 4.39 Å². The monoisotopic (exact) mass is 518 g/mol. The van der Waals surface area contributed by atoms with E-state index in [-0.39, 0.29) is 29.4 Å². The molecule has 1 N–H and O–H groups in total. The van der Waals surface area contributed by atoms with Crippen molar-refractivity contribution in [3.63, 3.8) is 0 Å². The summed E-state index contributed by atoms with van der Waals surface area (Å²) in [4.78, 5) is 23.7. The van der Waals surface area contributed by atoms with E-state index < -0.39 is 41.7 Å². The zero-order valence-electron chi connectivity index (χ0n) is 18.6. The highest BCUT2D eigenvalue weighted by Crippen LogP contribution is 2.63. The zero-order chi connectivity index (χ0) is 26.5. The minimum atomic E-state index is -4.90. The summed E-state index contributed by atoms with van der Waals surface area (Å²) in [7, 11) is 0. The number of rotatable bonds is 3. The molecule has 4 atom stereocenters. The molecule has 4 unspecified atom stereocenters. The standard InChI is InChI=1S/C15H16FNO2.C9H5F6NO/c16-10-5-3-9(4-6-10)11-2-1-7-15(11)13-8-12(18)14(19)17(13)15;10-8(11,12)6-1-5(4-16-17)2-7(3-6)9(13,14)15/h3-6,11-13,18H,1-2,7-8H2;1-3H,4H2. The quantitative estimate of drug-likeness (QED) is 0.317. The van der Waals surface area contributed by atoms with Crippen molar-refractivity contribution in [2.24, 2.45) is 5.18 Å². The van der Waals surface area contributed by atoms with Gasteiger partial charge in [0.2, 0.25) is 0 Å². The molecule has 0 bridgehead atoms. The summed E-state index contributed by atoms with van der Waals surface area (Å²) in [5, 5.41) is 11.9. The molecular weight excluding hydrogens is 497 g/mol. The Morgan fingerprint density at radius 1 is 1.00 bits per heavy atom. The summed E-state index contributed by atoms with van der Waals surface area (Å²) in [6.07, 6.45) is -6.89. The Labute approximate surface area is 200 Å². The van der Waals surface area contributed by atoms with Gasteiger partial charge in [-0.15, -0.1) is 0 Å². The SMILES string of the molecule is O=C1C(O)CC2N1C21CCCC1c1ccc(F)cc1.O=NCc1cc(C(F)(F)F)cc(C(F)(F)F)c1. The van der Waals surface area contributed by atoms with E-state index in [1.54, 1.807) is 0 Å². The maximum Gasteiger partial charge on any atom is 0.416 e. The first-order valence-corrected chi connectivity index (χ1v) is 11.1. The summed E-state index contributed by atoms with van der Waals surface area (Å²) in [6, 6.07) is 7.79. The second kappa shape index (κ2) is 9.13. The molecule has 3 fully saturated rings. The zero-order valence-corrected chi connectivity index (χ0v) is 18.6. The molecule has 2 aliphatic heterocycles. The van der Waals surface area contributed by atoms with Gasteiger partial charge in [0.25, 0.3) is 5.91 Å². The number of benzene rings is 2. The van der Waals surface area contributed by atoms with Crippen LogP contribution < -0.4 is 0 Å². The van der Waals surface area contributed by atoms with Crippen LogP contribution in [-0.4, -0.2) is 33.6 Å². The third kappa shape index (κ3) is 4.70. The van der Waals surface area contributed by atoms with Crippen LogP contribution in [-0.2, 0) is 23.7 Å². The average Bonchev–Trinajstić information content (AvgIpc) is 3.04. The first-order valence-electron chi connectivity index (χ1n) is 11.1. The smallest absolute Gasteiger partial charge is 0.383 e. The number of hydrogen-bond donors (Lipinski definition) is 1. The number of aliphatic hydroxyl groups is 1. The molecule has 2 saturated heterocycles.